The summed E-state index contributed by atoms with van der Waals surface area (Å²) in [5.74, 6) is 2.40. The Morgan fingerprint density at radius 1 is 1.50 bits per heavy atom. The standard InChI is InChI=1S/C12H14FN/c1-4-12(2,3)14-9-10-6-5-7-11(13)8-10/h1,5-8,14H,9H2,2-3H3. The van der Waals surface area contributed by atoms with Gasteiger partial charge < -0.3 is 0 Å². The fourth-order valence-electron chi connectivity index (χ4n) is 1.02. The SMILES string of the molecule is C#CC(C)(C)NCc1cccc(F)c1. The Morgan fingerprint density at radius 3 is 2.79 bits per heavy atom. The average Bonchev–Trinajstić information content (AvgIpc) is 2.15. The molecule has 0 radical (unpaired) electrons. The molecule has 0 atom stereocenters. The van der Waals surface area contributed by atoms with Crippen LogP contribution in [0.3, 0.4) is 0 Å². The number of halogens is 1. The minimum atomic E-state index is -0.355. The molecule has 0 saturated heterocycles. The average molecular weight is 191 g/mol. The van der Waals surface area contributed by atoms with Crippen LogP contribution in [0.2, 0.25) is 0 Å². The van der Waals surface area contributed by atoms with Crippen LogP contribution >= 0.6 is 0 Å². The van der Waals surface area contributed by atoms with Crippen molar-refractivity contribution < 1.29 is 4.39 Å². The van der Waals surface area contributed by atoms with Gasteiger partial charge in [-0.2, -0.15) is 0 Å². The molecule has 0 amide bonds. The van der Waals surface area contributed by atoms with Gasteiger partial charge in [0, 0.05) is 6.54 Å². The molecule has 0 fully saturated rings. The lowest BCUT2D eigenvalue weighted by Crippen LogP contribution is -2.36. The highest BCUT2D eigenvalue weighted by Crippen LogP contribution is 2.06. The fourth-order valence-corrected chi connectivity index (χ4v) is 1.02. The predicted molar refractivity (Wildman–Crippen MR) is 56.2 cm³/mol. The van der Waals surface area contributed by atoms with Crippen LogP contribution in [0.5, 0.6) is 0 Å². The van der Waals surface area contributed by atoms with E-state index in [2.05, 4.69) is 11.2 Å². The van der Waals surface area contributed by atoms with Crippen molar-refractivity contribution in [3.63, 3.8) is 0 Å². The van der Waals surface area contributed by atoms with E-state index >= 15 is 0 Å². The van der Waals surface area contributed by atoms with Crippen LogP contribution in [-0.2, 0) is 6.54 Å². The molecule has 1 nitrogen and oxygen atoms in total. The quantitative estimate of drug-likeness (QED) is 0.723. The van der Waals surface area contributed by atoms with Gasteiger partial charge in [-0.25, -0.2) is 4.39 Å². The Bertz CT molecular complexity index is 350. The van der Waals surface area contributed by atoms with E-state index in [1.807, 2.05) is 19.9 Å². The number of terminal acetylenes is 1. The second-order valence-electron chi connectivity index (χ2n) is 3.75. The highest BCUT2D eigenvalue weighted by Gasteiger charge is 2.11. The minimum absolute atomic E-state index is 0.220. The zero-order valence-electron chi connectivity index (χ0n) is 8.47. The van der Waals surface area contributed by atoms with E-state index in [0.717, 1.165) is 5.56 Å². The lowest BCUT2D eigenvalue weighted by molar-refractivity contribution is 0.489. The largest absolute Gasteiger partial charge is 0.298 e. The summed E-state index contributed by atoms with van der Waals surface area (Å²) in [4.78, 5) is 0. The van der Waals surface area contributed by atoms with E-state index in [-0.39, 0.29) is 11.4 Å². The van der Waals surface area contributed by atoms with Crippen LogP contribution in [0.15, 0.2) is 24.3 Å². The van der Waals surface area contributed by atoms with E-state index < -0.39 is 0 Å². The van der Waals surface area contributed by atoms with Gasteiger partial charge in [0.1, 0.15) is 5.82 Å². The zero-order chi connectivity index (χ0) is 10.6. The third-order valence-electron chi connectivity index (χ3n) is 1.98. The second kappa shape index (κ2) is 4.26. The summed E-state index contributed by atoms with van der Waals surface area (Å²) in [5, 5.41) is 3.15. The van der Waals surface area contributed by atoms with Crippen molar-refractivity contribution in [3.8, 4) is 12.3 Å². The molecule has 1 aromatic carbocycles. The van der Waals surface area contributed by atoms with E-state index in [1.165, 1.54) is 12.1 Å². The first kappa shape index (κ1) is 10.7. The molecule has 2 heteroatoms. The molecule has 1 N–H and O–H groups in total. The maximum absolute atomic E-state index is 12.8. The van der Waals surface area contributed by atoms with Crippen molar-refractivity contribution in [1.82, 2.24) is 5.32 Å². The summed E-state index contributed by atoms with van der Waals surface area (Å²) in [5.41, 5.74) is 0.542. The number of rotatable bonds is 3. The van der Waals surface area contributed by atoms with Crippen LogP contribution in [0, 0.1) is 18.2 Å². The van der Waals surface area contributed by atoms with Crippen LogP contribution in [-0.4, -0.2) is 5.54 Å². The van der Waals surface area contributed by atoms with E-state index in [4.69, 9.17) is 6.42 Å². The fraction of sp³-hybridized carbons (Fsp3) is 0.333. The summed E-state index contributed by atoms with van der Waals surface area (Å²) in [6.07, 6.45) is 5.31. The molecule has 1 rings (SSSR count). The maximum Gasteiger partial charge on any atom is 0.123 e. The van der Waals surface area contributed by atoms with Gasteiger partial charge in [-0.1, -0.05) is 18.1 Å². The van der Waals surface area contributed by atoms with Crippen LogP contribution in [0.25, 0.3) is 0 Å². The Morgan fingerprint density at radius 2 is 2.21 bits per heavy atom. The van der Waals surface area contributed by atoms with Crippen LogP contribution in [0.1, 0.15) is 19.4 Å². The van der Waals surface area contributed by atoms with Gasteiger partial charge >= 0.3 is 0 Å². The van der Waals surface area contributed by atoms with Crippen molar-refractivity contribution in [2.24, 2.45) is 0 Å². The van der Waals surface area contributed by atoms with Gasteiger partial charge in [0.05, 0.1) is 5.54 Å². The van der Waals surface area contributed by atoms with E-state index in [9.17, 15) is 4.39 Å². The number of nitrogens with one attached hydrogen (secondary N) is 1. The van der Waals surface area contributed by atoms with Crippen molar-refractivity contribution in [3.05, 3.63) is 35.6 Å². The Kier molecular flexibility index (Phi) is 3.27. The first-order valence-electron chi connectivity index (χ1n) is 4.51. The Hall–Kier alpha value is -1.33. The normalized spacial score (nSPS) is 11.0. The van der Waals surface area contributed by atoms with Gasteiger partial charge in [-0.3, -0.25) is 5.32 Å². The molecule has 0 aromatic heterocycles. The number of hydrogen-bond donors (Lipinski definition) is 1. The monoisotopic (exact) mass is 191 g/mol. The summed E-state index contributed by atoms with van der Waals surface area (Å²) in [6.45, 7) is 4.40. The summed E-state index contributed by atoms with van der Waals surface area (Å²) >= 11 is 0. The second-order valence-corrected chi connectivity index (χ2v) is 3.75. The van der Waals surface area contributed by atoms with Gasteiger partial charge in [0.25, 0.3) is 0 Å². The highest BCUT2D eigenvalue weighted by molar-refractivity contribution is 5.17. The topological polar surface area (TPSA) is 12.0 Å². The maximum atomic E-state index is 12.8. The van der Waals surface area contributed by atoms with Gasteiger partial charge in [0.15, 0.2) is 0 Å². The third kappa shape index (κ3) is 3.20. The summed E-state index contributed by atoms with van der Waals surface area (Å²) < 4.78 is 12.8. The molecule has 0 aliphatic heterocycles. The summed E-state index contributed by atoms with van der Waals surface area (Å²) in [7, 11) is 0. The number of hydrogen-bond acceptors (Lipinski definition) is 1. The first-order valence-corrected chi connectivity index (χ1v) is 4.51. The minimum Gasteiger partial charge on any atom is -0.298 e. The highest BCUT2D eigenvalue weighted by atomic mass is 19.1. The molecule has 0 aliphatic rings. The van der Waals surface area contributed by atoms with Crippen LogP contribution in [0.4, 0.5) is 4.39 Å². The lowest BCUT2D eigenvalue weighted by Gasteiger charge is -2.19. The van der Waals surface area contributed by atoms with Crippen molar-refractivity contribution in [2.75, 3.05) is 0 Å². The molecule has 74 valence electrons. The first-order chi connectivity index (χ1) is 6.53. The molecule has 0 aliphatic carbocycles. The Balaban J connectivity index is 2.59. The molecule has 0 bridgehead atoms. The molecular formula is C12H14FN. The molecule has 0 spiro atoms. The Labute approximate surface area is 84.3 Å². The van der Waals surface area contributed by atoms with E-state index in [1.54, 1.807) is 6.07 Å². The molecule has 0 saturated carbocycles. The zero-order valence-corrected chi connectivity index (χ0v) is 8.47. The molecule has 0 heterocycles. The van der Waals surface area contributed by atoms with Gasteiger partial charge in [-0.05, 0) is 31.5 Å². The molecular weight excluding hydrogens is 177 g/mol. The third-order valence-corrected chi connectivity index (χ3v) is 1.98. The van der Waals surface area contributed by atoms with Crippen molar-refractivity contribution in [1.29, 1.82) is 0 Å². The molecule has 0 unspecified atom stereocenters. The van der Waals surface area contributed by atoms with Gasteiger partial charge in [-0.15, -0.1) is 6.42 Å². The lowest BCUT2D eigenvalue weighted by atomic mass is 10.1. The summed E-state index contributed by atoms with van der Waals surface area (Å²) in [6, 6.07) is 6.48. The molecule has 14 heavy (non-hydrogen) atoms. The van der Waals surface area contributed by atoms with Gasteiger partial charge in [0.2, 0.25) is 0 Å². The molecule has 1 aromatic rings. The van der Waals surface area contributed by atoms with Crippen molar-refractivity contribution in [2.45, 2.75) is 25.9 Å². The smallest absolute Gasteiger partial charge is 0.123 e. The van der Waals surface area contributed by atoms with Crippen LogP contribution < -0.4 is 5.32 Å². The number of benzene rings is 1. The van der Waals surface area contributed by atoms with Crippen molar-refractivity contribution >= 4 is 0 Å². The van der Waals surface area contributed by atoms with E-state index in [0.29, 0.717) is 6.54 Å². The predicted octanol–water partition coefficient (Wildman–Crippen LogP) is 2.33.